The highest BCUT2D eigenvalue weighted by Gasteiger charge is 2.34. The lowest BCUT2D eigenvalue weighted by Crippen LogP contribution is -2.09. The van der Waals surface area contributed by atoms with E-state index in [1.54, 1.807) is 54.6 Å². The van der Waals surface area contributed by atoms with E-state index in [4.69, 9.17) is 13.6 Å². The molecule has 156 valence electrons. The van der Waals surface area contributed by atoms with Crippen molar-refractivity contribution in [2.24, 2.45) is 0 Å². The highest BCUT2D eigenvalue weighted by molar-refractivity contribution is 7.49. The van der Waals surface area contributed by atoms with E-state index in [0.717, 1.165) is 11.1 Å². The zero-order valence-corrected chi connectivity index (χ0v) is 18.0. The Labute approximate surface area is 182 Å². The number of phosphoric acid groups is 1. The van der Waals surface area contributed by atoms with Gasteiger partial charge in [0, 0.05) is 11.5 Å². The molecule has 0 aromatic heterocycles. The molecule has 0 saturated carbocycles. The Bertz CT molecular complexity index is 1100. The molecule has 4 aromatic carbocycles. The fraction of sp³-hybridized carbons (Fsp3) is 0.0769. The Morgan fingerprint density at radius 1 is 0.581 bits per heavy atom. The molecule has 4 rings (SSSR count). The first kappa shape index (κ1) is 20.8. The third kappa shape index (κ3) is 5.36. The maximum absolute atomic E-state index is 13.8. The number of hydrogen-bond acceptors (Lipinski definition) is 4. The Morgan fingerprint density at radius 2 is 1.03 bits per heavy atom. The van der Waals surface area contributed by atoms with Crippen molar-refractivity contribution in [3.8, 4) is 17.2 Å². The molecule has 0 spiro atoms. The summed E-state index contributed by atoms with van der Waals surface area (Å²) in [4.78, 5) is 0. The maximum atomic E-state index is 13.8. The highest BCUT2D eigenvalue weighted by atomic mass is 31.2. The van der Waals surface area contributed by atoms with E-state index in [0.29, 0.717) is 17.2 Å². The molecule has 0 N–H and O–H groups in total. The second-order valence-corrected chi connectivity index (χ2v) is 8.46. The van der Waals surface area contributed by atoms with Crippen molar-refractivity contribution in [1.29, 1.82) is 0 Å². The van der Waals surface area contributed by atoms with Gasteiger partial charge in [0.05, 0.1) is 0 Å². The first-order valence-corrected chi connectivity index (χ1v) is 11.5. The minimum atomic E-state index is -4.04. The van der Waals surface area contributed by atoms with Crippen molar-refractivity contribution >= 4 is 7.82 Å². The van der Waals surface area contributed by atoms with Crippen LogP contribution in [0.25, 0.3) is 0 Å². The molecule has 0 aliphatic rings. The summed E-state index contributed by atoms with van der Waals surface area (Å²) in [6, 6.07) is 35.4. The average molecular weight is 430 g/mol. The molecular weight excluding hydrogens is 407 g/mol. The predicted octanol–water partition coefficient (Wildman–Crippen LogP) is 7.48. The molecule has 0 saturated heterocycles. The molecule has 4 nitrogen and oxygen atoms in total. The van der Waals surface area contributed by atoms with Crippen LogP contribution in [0.3, 0.4) is 0 Å². The summed E-state index contributed by atoms with van der Waals surface area (Å²) < 4.78 is 31.3. The normalized spacial score (nSPS) is 12.0. The van der Waals surface area contributed by atoms with Gasteiger partial charge in [-0.1, -0.05) is 91.9 Å². The molecule has 5 heteroatoms. The second kappa shape index (κ2) is 9.55. The van der Waals surface area contributed by atoms with Crippen molar-refractivity contribution < 1.29 is 18.1 Å². The van der Waals surface area contributed by atoms with Crippen LogP contribution in [0.1, 0.15) is 24.0 Å². The van der Waals surface area contributed by atoms with Crippen LogP contribution in [0.5, 0.6) is 17.2 Å². The Balaban J connectivity index is 1.68. The lowest BCUT2D eigenvalue weighted by atomic mass is 9.93. The van der Waals surface area contributed by atoms with Gasteiger partial charge in [-0.2, -0.15) is 4.57 Å². The van der Waals surface area contributed by atoms with Crippen molar-refractivity contribution in [3.63, 3.8) is 0 Å². The Morgan fingerprint density at radius 3 is 1.58 bits per heavy atom. The molecule has 0 aliphatic heterocycles. The second-order valence-electron chi connectivity index (χ2n) is 7.02. The van der Waals surface area contributed by atoms with Gasteiger partial charge >= 0.3 is 7.82 Å². The Kier molecular flexibility index (Phi) is 6.40. The minimum Gasteiger partial charge on any atom is -0.386 e. The van der Waals surface area contributed by atoms with Crippen molar-refractivity contribution in [3.05, 3.63) is 126 Å². The van der Waals surface area contributed by atoms with Crippen LogP contribution in [0.2, 0.25) is 0 Å². The number of phosphoric ester groups is 1. The lowest BCUT2D eigenvalue weighted by molar-refractivity contribution is 0.297. The zero-order valence-electron chi connectivity index (χ0n) is 17.1. The van der Waals surface area contributed by atoms with Gasteiger partial charge in [0.1, 0.15) is 17.2 Å². The zero-order chi connectivity index (χ0) is 21.5. The summed E-state index contributed by atoms with van der Waals surface area (Å²) in [5.74, 6) is 1.28. The van der Waals surface area contributed by atoms with Gasteiger partial charge in [-0.15, -0.1) is 0 Å². The molecule has 4 aromatic rings. The number of hydrogen-bond donors (Lipinski definition) is 0. The van der Waals surface area contributed by atoms with E-state index in [2.05, 4.69) is 19.1 Å². The van der Waals surface area contributed by atoms with Gasteiger partial charge in [0.25, 0.3) is 0 Å². The third-order valence-corrected chi connectivity index (χ3v) is 6.11. The highest BCUT2D eigenvalue weighted by Crippen LogP contribution is 2.51. The van der Waals surface area contributed by atoms with Crippen molar-refractivity contribution in [1.82, 2.24) is 0 Å². The van der Waals surface area contributed by atoms with E-state index < -0.39 is 7.82 Å². The van der Waals surface area contributed by atoms with E-state index in [1.807, 2.05) is 48.5 Å². The van der Waals surface area contributed by atoms with Gasteiger partial charge in [-0.25, -0.2) is 0 Å². The van der Waals surface area contributed by atoms with Crippen LogP contribution in [-0.4, -0.2) is 0 Å². The molecule has 0 amide bonds. The maximum Gasteiger partial charge on any atom is 0.647 e. The van der Waals surface area contributed by atoms with Crippen LogP contribution < -0.4 is 13.6 Å². The predicted molar refractivity (Wildman–Crippen MR) is 123 cm³/mol. The van der Waals surface area contributed by atoms with E-state index >= 15 is 0 Å². The van der Waals surface area contributed by atoms with Crippen molar-refractivity contribution in [2.45, 2.75) is 12.8 Å². The smallest absolute Gasteiger partial charge is 0.386 e. The molecule has 1 unspecified atom stereocenters. The van der Waals surface area contributed by atoms with Gasteiger partial charge in [-0.3, -0.25) is 0 Å². The fourth-order valence-corrected chi connectivity index (χ4v) is 4.52. The molecule has 31 heavy (non-hydrogen) atoms. The fourth-order valence-electron chi connectivity index (χ4n) is 3.24. The minimum absolute atomic E-state index is 0.0271. The summed E-state index contributed by atoms with van der Waals surface area (Å²) in [5, 5.41) is 0. The molecule has 1 atom stereocenters. The number of benzene rings is 4. The van der Waals surface area contributed by atoms with E-state index in [-0.39, 0.29) is 5.92 Å². The monoisotopic (exact) mass is 430 g/mol. The SMILES string of the molecule is CC(c1ccccc1)c1ccccc1OP(=O)(Oc1ccccc1)Oc1ccccc1. The molecular formula is C26H23O4P. The quantitative estimate of drug-likeness (QED) is 0.272. The number of rotatable bonds is 8. The first-order chi connectivity index (χ1) is 15.1. The van der Waals surface area contributed by atoms with Crippen LogP contribution in [0, 0.1) is 0 Å². The standard InChI is InChI=1S/C26H23O4P/c1-21(22-13-5-2-6-14-22)25-19-11-12-20-26(25)30-31(27,28-23-15-7-3-8-16-23)29-24-17-9-4-10-18-24/h2-21H,1H3. The summed E-state index contributed by atoms with van der Waals surface area (Å²) in [7, 11) is -4.04. The molecule has 0 fully saturated rings. The Hall–Kier alpha value is -3.49. The lowest BCUT2D eigenvalue weighted by Gasteiger charge is -2.22. The van der Waals surface area contributed by atoms with Crippen LogP contribution in [-0.2, 0) is 4.57 Å². The summed E-state index contributed by atoms with van der Waals surface area (Å²) in [6.45, 7) is 2.08. The van der Waals surface area contributed by atoms with Crippen molar-refractivity contribution in [2.75, 3.05) is 0 Å². The first-order valence-electron chi connectivity index (χ1n) is 10.1. The third-order valence-electron chi connectivity index (χ3n) is 4.82. The summed E-state index contributed by atoms with van der Waals surface area (Å²) in [6.07, 6.45) is 0. The largest absolute Gasteiger partial charge is 0.647 e. The molecule has 0 aliphatic carbocycles. The summed E-state index contributed by atoms with van der Waals surface area (Å²) in [5.41, 5.74) is 2.02. The van der Waals surface area contributed by atoms with Crippen LogP contribution in [0.4, 0.5) is 0 Å². The van der Waals surface area contributed by atoms with E-state index in [1.165, 1.54) is 0 Å². The van der Waals surface area contributed by atoms with E-state index in [9.17, 15) is 4.57 Å². The molecule has 0 radical (unpaired) electrons. The molecule has 0 heterocycles. The summed E-state index contributed by atoms with van der Waals surface area (Å²) >= 11 is 0. The average Bonchev–Trinajstić information content (AvgIpc) is 2.80. The van der Waals surface area contributed by atoms with Gasteiger partial charge < -0.3 is 13.6 Å². The van der Waals surface area contributed by atoms with Crippen LogP contribution >= 0.6 is 7.82 Å². The van der Waals surface area contributed by atoms with Gasteiger partial charge in [-0.05, 0) is 35.9 Å². The van der Waals surface area contributed by atoms with Gasteiger partial charge in [0.2, 0.25) is 0 Å². The van der Waals surface area contributed by atoms with Crippen LogP contribution in [0.15, 0.2) is 115 Å². The van der Waals surface area contributed by atoms with Gasteiger partial charge in [0.15, 0.2) is 0 Å². The number of para-hydroxylation sites is 3. The molecule has 0 bridgehead atoms. The topological polar surface area (TPSA) is 44.8 Å².